The molecule has 2 N–H and O–H groups in total. The maximum absolute atomic E-state index is 13.0. The minimum Gasteiger partial charge on any atom is -0.336 e. The van der Waals surface area contributed by atoms with Gasteiger partial charge in [0.15, 0.2) is 5.82 Å². The van der Waals surface area contributed by atoms with E-state index >= 15 is 0 Å². The third-order valence-electron chi connectivity index (χ3n) is 4.79. The van der Waals surface area contributed by atoms with Crippen molar-refractivity contribution in [3.63, 3.8) is 0 Å². The van der Waals surface area contributed by atoms with Crippen molar-refractivity contribution >= 4 is 44.9 Å². The molecular weight excluding hydrogens is 452 g/mol. The summed E-state index contributed by atoms with van der Waals surface area (Å²) in [5.41, 5.74) is 0.899. The zero-order valence-electron chi connectivity index (χ0n) is 16.8. The number of halogens is 1. The predicted molar refractivity (Wildman–Crippen MR) is 119 cm³/mol. The number of hydrogen-bond donors (Lipinski definition) is 2. The third-order valence-corrected chi connectivity index (χ3v) is 5.17. The Labute approximate surface area is 182 Å². The summed E-state index contributed by atoms with van der Waals surface area (Å²) >= 11 is 3.26. The summed E-state index contributed by atoms with van der Waals surface area (Å²) in [6.45, 7) is 6.27. The number of likely N-dealkylation sites (N-methyl/N-ethyl adjacent to an activating group) is 1. The highest BCUT2D eigenvalue weighted by molar-refractivity contribution is 9.10. The molecule has 2 amide bonds. The Morgan fingerprint density at radius 3 is 2.57 bits per heavy atom. The molecule has 0 aliphatic carbocycles. The number of carbonyl (C=O) groups is 2. The topological polar surface area (TPSA) is 99.6 Å². The largest absolute Gasteiger partial charge is 0.336 e. The molecule has 1 aromatic heterocycles. The van der Waals surface area contributed by atoms with Gasteiger partial charge >= 0.3 is 0 Å². The Bertz CT molecular complexity index is 1040. The quantitative estimate of drug-likeness (QED) is 0.640. The smallest absolute Gasteiger partial charge is 0.293 e. The van der Waals surface area contributed by atoms with E-state index in [1.54, 1.807) is 36.3 Å². The number of benzene rings is 1. The van der Waals surface area contributed by atoms with Crippen LogP contribution in [-0.4, -0.2) is 64.4 Å². The number of piperazine rings is 1. The van der Waals surface area contributed by atoms with Gasteiger partial charge in [-0.3, -0.25) is 14.4 Å². The molecular formula is C20H23BrN6O3. The number of aryl methyl sites for hydroxylation is 1. The molecule has 2 aromatic rings. The van der Waals surface area contributed by atoms with Crippen molar-refractivity contribution in [2.24, 2.45) is 7.05 Å². The maximum atomic E-state index is 13.0. The number of rotatable bonds is 5. The number of nitrogens with zero attached hydrogens (tertiary/aromatic N) is 4. The molecule has 0 unspecified atom stereocenters. The van der Waals surface area contributed by atoms with Gasteiger partial charge < -0.3 is 25.0 Å². The summed E-state index contributed by atoms with van der Waals surface area (Å²) in [5, 5.41) is 5.64. The summed E-state index contributed by atoms with van der Waals surface area (Å²) < 4.78 is 1.89. The molecule has 0 spiro atoms. The van der Waals surface area contributed by atoms with Crippen LogP contribution >= 0.6 is 15.9 Å². The molecule has 9 nitrogen and oxygen atoms in total. The summed E-state index contributed by atoms with van der Waals surface area (Å²) in [7, 11) is 3.63. The molecule has 2 heterocycles. The van der Waals surface area contributed by atoms with E-state index in [2.05, 4.69) is 43.0 Å². The third kappa shape index (κ3) is 4.95. The number of aromatic nitrogens is 2. The van der Waals surface area contributed by atoms with E-state index in [0.29, 0.717) is 34.6 Å². The fourth-order valence-electron chi connectivity index (χ4n) is 3.06. The molecule has 0 atom stereocenters. The van der Waals surface area contributed by atoms with Gasteiger partial charge in [0.05, 0.1) is 11.3 Å². The summed E-state index contributed by atoms with van der Waals surface area (Å²) in [5.74, 6) is -0.479. The molecule has 0 bridgehead atoms. The normalized spacial score (nSPS) is 14.3. The fraction of sp³-hybridized carbons (Fsp3) is 0.300. The highest BCUT2D eigenvalue weighted by Gasteiger charge is 2.23. The van der Waals surface area contributed by atoms with Crippen LogP contribution in [0.15, 0.2) is 46.4 Å². The van der Waals surface area contributed by atoms with E-state index in [0.717, 1.165) is 19.2 Å². The lowest BCUT2D eigenvalue weighted by molar-refractivity contribution is -0.111. The van der Waals surface area contributed by atoms with E-state index in [1.165, 1.54) is 4.57 Å². The van der Waals surface area contributed by atoms with Crippen LogP contribution in [0.3, 0.4) is 0 Å². The van der Waals surface area contributed by atoms with Crippen LogP contribution in [0.1, 0.15) is 10.4 Å². The van der Waals surface area contributed by atoms with Gasteiger partial charge in [-0.05, 0) is 47.3 Å². The molecule has 0 radical (unpaired) electrons. The van der Waals surface area contributed by atoms with Crippen molar-refractivity contribution in [3.05, 3.63) is 57.6 Å². The Hall–Kier alpha value is -2.98. The Balaban J connectivity index is 1.93. The first-order valence-corrected chi connectivity index (χ1v) is 10.1. The summed E-state index contributed by atoms with van der Waals surface area (Å²) in [6.07, 6.45) is 2.69. The maximum Gasteiger partial charge on any atom is 0.293 e. The van der Waals surface area contributed by atoms with E-state index in [9.17, 15) is 14.4 Å². The van der Waals surface area contributed by atoms with E-state index in [4.69, 9.17) is 0 Å². The van der Waals surface area contributed by atoms with Crippen LogP contribution in [0.25, 0.3) is 0 Å². The monoisotopic (exact) mass is 474 g/mol. The minimum absolute atomic E-state index is 0.117. The van der Waals surface area contributed by atoms with Crippen LogP contribution < -0.4 is 16.2 Å². The van der Waals surface area contributed by atoms with Crippen molar-refractivity contribution in [1.82, 2.24) is 19.4 Å². The molecule has 1 aromatic carbocycles. The molecule has 30 heavy (non-hydrogen) atoms. The van der Waals surface area contributed by atoms with Gasteiger partial charge in [-0.15, -0.1) is 0 Å². The van der Waals surface area contributed by atoms with Crippen molar-refractivity contribution < 1.29 is 9.59 Å². The van der Waals surface area contributed by atoms with Gasteiger partial charge in [0.25, 0.3) is 11.5 Å². The lowest BCUT2D eigenvalue weighted by Crippen LogP contribution is -2.47. The van der Waals surface area contributed by atoms with E-state index < -0.39 is 5.91 Å². The van der Waals surface area contributed by atoms with Crippen LogP contribution in [0.4, 0.5) is 17.2 Å². The Morgan fingerprint density at radius 2 is 1.90 bits per heavy atom. The van der Waals surface area contributed by atoms with Gasteiger partial charge in [0, 0.05) is 45.1 Å². The van der Waals surface area contributed by atoms with Gasteiger partial charge in [-0.25, -0.2) is 4.98 Å². The van der Waals surface area contributed by atoms with Gasteiger partial charge in [-0.1, -0.05) is 6.58 Å². The second-order valence-electron chi connectivity index (χ2n) is 7.00. The van der Waals surface area contributed by atoms with Crippen LogP contribution in [0, 0.1) is 0 Å². The number of hydrogen-bond acceptors (Lipinski definition) is 6. The molecule has 3 rings (SSSR count). The van der Waals surface area contributed by atoms with Crippen LogP contribution in [0.5, 0.6) is 0 Å². The second-order valence-corrected chi connectivity index (χ2v) is 7.81. The van der Waals surface area contributed by atoms with E-state index in [1.807, 2.05) is 7.05 Å². The first-order chi connectivity index (χ1) is 14.3. The Morgan fingerprint density at radius 1 is 1.20 bits per heavy atom. The molecule has 1 aliphatic rings. The summed E-state index contributed by atoms with van der Waals surface area (Å²) in [6, 6.07) is 4.91. The lowest BCUT2D eigenvalue weighted by atomic mass is 10.1. The number of anilines is 3. The summed E-state index contributed by atoms with van der Waals surface area (Å²) in [4.78, 5) is 45.4. The molecule has 10 heteroatoms. The van der Waals surface area contributed by atoms with E-state index in [-0.39, 0.29) is 17.3 Å². The highest BCUT2D eigenvalue weighted by Crippen LogP contribution is 2.25. The molecule has 1 aliphatic heterocycles. The SMILES string of the molecule is C=CC(=O)Nc1cc(Nc2nc(Br)cn(C)c2=O)ccc1C(=O)N1CCN(C)CC1. The Kier molecular flexibility index (Phi) is 6.68. The van der Waals surface area contributed by atoms with Crippen molar-refractivity contribution in [2.75, 3.05) is 43.9 Å². The zero-order valence-corrected chi connectivity index (χ0v) is 18.4. The fourth-order valence-corrected chi connectivity index (χ4v) is 3.55. The zero-order chi connectivity index (χ0) is 21.8. The average Bonchev–Trinajstić information content (AvgIpc) is 2.72. The predicted octanol–water partition coefficient (Wildman–Crippen LogP) is 1.80. The standard InChI is InChI=1S/C20H23BrN6O3/c1-4-17(28)23-15-11-13(22-18-20(30)26(3)12-16(21)24-18)5-6-14(15)19(29)27-9-7-25(2)8-10-27/h4-6,11-12H,1,7-10H2,2-3H3,(H,22,24)(H,23,28). The molecule has 0 saturated carbocycles. The first-order valence-electron chi connectivity index (χ1n) is 9.34. The number of nitrogens with one attached hydrogen (secondary N) is 2. The van der Waals surface area contributed by atoms with Crippen LogP contribution in [0.2, 0.25) is 0 Å². The van der Waals surface area contributed by atoms with Crippen molar-refractivity contribution in [1.29, 1.82) is 0 Å². The van der Waals surface area contributed by atoms with Gasteiger partial charge in [0.2, 0.25) is 5.91 Å². The molecule has 1 fully saturated rings. The number of amides is 2. The van der Waals surface area contributed by atoms with Crippen molar-refractivity contribution in [3.8, 4) is 0 Å². The molecule has 1 saturated heterocycles. The minimum atomic E-state index is -0.434. The van der Waals surface area contributed by atoms with Gasteiger partial charge in [-0.2, -0.15) is 0 Å². The first kappa shape index (κ1) is 21.7. The second kappa shape index (κ2) is 9.23. The van der Waals surface area contributed by atoms with Crippen LogP contribution in [-0.2, 0) is 11.8 Å². The number of carbonyl (C=O) groups excluding carboxylic acids is 2. The van der Waals surface area contributed by atoms with Crippen molar-refractivity contribution in [2.45, 2.75) is 0 Å². The average molecular weight is 475 g/mol. The molecule has 158 valence electrons. The van der Waals surface area contributed by atoms with Gasteiger partial charge in [0.1, 0.15) is 4.60 Å². The lowest BCUT2D eigenvalue weighted by Gasteiger charge is -2.32. The highest BCUT2D eigenvalue weighted by atomic mass is 79.9.